The summed E-state index contributed by atoms with van der Waals surface area (Å²) in [5.74, 6) is -2.30. The van der Waals surface area contributed by atoms with Crippen LogP contribution in [-0.2, 0) is 19.6 Å². The summed E-state index contributed by atoms with van der Waals surface area (Å²) in [6.45, 7) is 4.16. The van der Waals surface area contributed by atoms with Gasteiger partial charge in [0.2, 0.25) is 15.9 Å². The lowest BCUT2D eigenvalue weighted by Crippen LogP contribution is -2.63. The first-order valence-electron chi connectivity index (χ1n) is 8.14. The molecule has 0 radical (unpaired) electrons. The molecular formula is C15H22N2O6S2. The van der Waals surface area contributed by atoms with Crippen LogP contribution in [0.15, 0.2) is 10.6 Å². The average molecular weight is 390 g/mol. The highest BCUT2D eigenvalue weighted by Crippen LogP contribution is 2.51. The second-order valence-corrected chi connectivity index (χ2v) is 10.2. The molecule has 3 heterocycles. The van der Waals surface area contributed by atoms with Gasteiger partial charge in [-0.05, 0) is 13.3 Å². The van der Waals surface area contributed by atoms with Crippen LogP contribution in [0.1, 0.15) is 20.3 Å². The number of aliphatic hydroxyl groups excluding tert-OH is 1. The number of sulfonamides is 1. The molecule has 8 nitrogen and oxygen atoms in total. The molecule has 2 fully saturated rings. The van der Waals surface area contributed by atoms with Crippen LogP contribution < -0.4 is 0 Å². The summed E-state index contributed by atoms with van der Waals surface area (Å²) in [5.41, 5.74) is -0.0118. The van der Waals surface area contributed by atoms with E-state index in [1.807, 2.05) is 6.92 Å². The Morgan fingerprint density at radius 2 is 2.04 bits per heavy atom. The van der Waals surface area contributed by atoms with E-state index in [-0.39, 0.29) is 28.8 Å². The second kappa shape index (κ2) is 6.26. The summed E-state index contributed by atoms with van der Waals surface area (Å²) in [5, 5.41) is 19.4. The fourth-order valence-corrected chi connectivity index (χ4v) is 6.42. The molecule has 2 saturated heterocycles. The number of nitrogens with zero attached hydrogens (tertiary/aromatic N) is 2. The van der Waals surface area contributed by atoms with Crippen LogP contribution in [0.25, 0.3) is 0 Å². The molecule has 0 aromatic heterocycles. The SMILES string of the molecule is CC(O)C1C(=O)N2C(C(=O)O)=C(SC3CCN(S(C)(=O)=O)C3)C(C)[C@H]12. The maximum absolute atomic E-state index is 12.3. The average Bonchev–Trinajstić information content (AvgIpc) is 3.02. The number of carbonyl (C=O) groups is 2. The summed E-state index contributed by atoms with van der Waals surface area (Å²) in [6, 6.07) is -0.339. The number of aliphatic carboxylic acids is 1. The number of β-lactam (4-membered cyclic amide) rings is 1. The van der Waals surface area contributed by atoms with Crippen molar-refractivity contribution in [3.8, 4) is 0 Å². The molecule has 2 N–H and O–H groups in total. The highest BCUT2D eigenvalue weighted by atomic mass is 32.2. The molecule has 0 saturated carbocycles. The van der Waals surface area contributed by atoms with Crippen LogP contribution in [0.3, 0.4) is 0 Å². The van der Waals surface area contributed by atoms with Crippen molar-refractivity contribution >= 4 is 33.7 Å². The fourth-order valence-electron chi connectivity index (χ4n) is 3.95. The van der Waals surface area contributed by atoms with Gasteiger partial charge in [0.15, 0.2) is 0 Å². The zero-order valence-corrected chi connectivity index (χ0v) is 15.9. The lowest BCUT2D eigenvalue weighted by Gasteiger charge is -2.46. The van der Waals surface area contributed by atoms with Gasteiger partial charge in [0.25, 0.3) is 0 Å². The lowest BCUT2D eigenvalue weighted by molar-refractivity contribution is -0.163. The molecule has 1 amide bonds. The van der Waals surface area contributed by atoms with Crippen LogP contribution >= 0.6 is 11.8 Å². The topological polar surface area (TPSA) is 115 Å². The van der Waals surface area contributed by atoms with E-state index in [2.05, 4.69) is 0 Å². The van der Waals surface area contributed by atoms with Crippen LogP contribution in [-0.4, -0.2) is 76.5 Å². The molecule has 4 unspecified atom stereocenters. The van der Waals surface area contributed by atoms with Crippen molar-refractivity contribution in [2.45, 2.75) is 37.7 Å². The van der Waals surface area contributed by atoms with Gasteiger partial charge in [0.05, 0.1) is 24.3 Å². The molecule has 10 heteroatoms. The number of aliphatic hydroxyl groups is 1. The van der Waals surface area contributed by atoms with E-state index in [1.54, 1.807) is 6.92 Å². The minimum atomic E-state index is -3.26. The predicted molar refractivity (Wildman–Crippen MR) is 92.0 cm³/mol. The smallest absolute Gasteiger partial charge is 0.353 e. The summed E-state index contributed by atoms with van der Waals surface area (Å²) < 4.78 is 24.7. The van der Waals surface area contributed by atoms with Crippen molar-refractivity contribution in [2.75, 3.05) is 19.3 Å². The molecule has 0 aromatic carbocycles. The van der Waals surface area contributed by atoms with Gasteiger partial charge in [0.1, 0.15) is 5.70 Å². The van der Waals surface area contributed by atoms with E-state index in [1.165, 1.54) is 21.0 Å². The van der Waals surface area contributed by atoms with Gasteiger partial charge in [-0.15, -0.1) is 11.8 Å². The fraction of sp³-hybridized carbons (Fsp3) is 0.733. The molecule has 0 aromatic rings. The maximum Gasteiger partial charge on any atom is 0.353 e. The highest BCUT2D eigenvalue weighted by Gasteiger charge is 2.60. The first-order chi connectivity index (χ1) is 11.5. The zero-order chi connectivity index (χ0) is 18.7. The molecule has 0 bridgehead atoms. The number of carbonyl (C=O) groups excluding carboxylic acids is 1. The number of hydrogen-bond donors (Lipinski definition) is 2. The van der Waals surface area contributed by atoms with E-state index in [9.17, 15) is 28.2 Å². The minimum Gasteiger partial charge on any atom is -0.477 e. The van der Waals surface area contributed by atoms with Crippen molar-refractivity contribution in [1.82, 2.24) is 9.21 Å². The molecule has 25 heavy (non-hydrogen) atoms. The summed E-state index contributed by atoms with van der Waals surface area (Å²) in [4.78, 5) is 25.9. The largest absolute Gasteiger partial charge is 0.477 e. The Morgan fingerprint density at radius 1 is 1.40 bits per heavy atom. The van der Waals surface area contributed by atoms with E-state index >= 15 is 0 Å². The molecule has 0 spiro atoms. The summed E-state index contributed by atoms with van der Waals surface area (Å²) >= 11 is 1.36. The van der Waals surface area contributed by atoms with E-state index in [0.29, 0.717) is 24.4 Å². The standard InChI is InChI=1S/C15H22N2O6S2/c1-7-11-10(8(2)18)14(19)17(11)12(15(20)21)13(7)24-9-4-5-16(6-9)25(3,22)23/h7-11,18H,4-6H2,1-3H3,(H,20,21)/t7?,8?,9?,10?,11-/m1/s1. The minimum absolute atomic E-state index is 0.0118. The number of amides is 1. The molecule has 5 atom stereocenters. The Labute approximate surface area is 150 Å². The molecule has 3 rings (SSSR count). The Hall–Kier alpha value is -1.10. The van der Waals surface area contributed by atoms with Gasteiger partial charge in [-0.1, -0.05) is 6.92 Å². The zero-order valence-electron chi connectivity index (χ0n) is 14.2. The number of thioether (sulfide) groups is 1. The summed E-state index contributed by atoms with van der Waals surface area (Å²) in [6.07, 6.45) is 0.972. The van der Waals surface area contributed by atoms with Crippen molar-refractivity contribution in [3.05, 3.63) is 10.6 Å². The van der Waals surface area contributed by atoms with Crippen LogP contribution in [0, 0.1) is 11.8 Å². The Kier molecular flexibility index (Phi) is 4.68. The Morgan fingerprint density at radius 3 is 2.52 bits per heavy atom. The van der Waals surface area contributed by atoms with Crippen molar-refractivity contribution in [3.63, 3.8) is 0 Å². The number of rotatable bonds is 5. The van der Waals surface area contributed by atoms with E-state index in [0.717, 1.165) is 6.26 Å². The Balaban J connectivity index is 1.83. The third-order valence-electron chi connectivity index (χ3n) is 5.18. The molecular weight excluding hydrogens is 368 g/mol. The molecule has 3 aliphatic rings. The first-order valence-corrected chi connectivity index (χ1v) is 10.9. The van der Waals surface area contributed by atoms with Gasteiger partial charge < -0.3 is 15.1 Å². The second-order valence-electron chi connectivity index (χ2n) is 6.92. The third-order valence-corrected chi connectivity index (χ3v) is 7.99. The van der Waals surface area contributed by atoms with Crippen molar-refractivity contribution in [1.29, 1.82) is 0 Å². The highest BCUT2D eigenvalue weighted by molar-refractivity contribution is 8.03. The van der Waals surface area contributed by atoms with Gasteiger partial charge in [-0.2, -0.15) is 0 Å². The number of hydrogen-bond acceptors (Lipinski definition) is 6. The third kappa shape index (κ3) is 2.98. The van der Waals surface area contributed by atoms with Gasteiger partial charge in [-0.3, -0.25) is 4.79 Å². The first kappa shape index (κ1) is 18.7. The van der Waals surface area contributed by atoms with Gasteiger partial charge in [0, 0.05) is 29.2 Å². The number of fused-ring (bicyclic) bond motifs is 1. The van der Waals surface area contributed by atoms with E-state index < -0.39 is 28.0 Å². The van der Waals surface area contributed by atoms with Gasteiger partial charge in [-0.25, -0.2) is 17.5 Å². The van der Waals surface area contributed by atoms with Gasteiger partial charge >= 0.3 is 5.97 Å². The van der Waals surface area contributed by atoms with Crippen molar-refractivity contribution in [2.24, 2.45) is 11.8 Å². The number of carboxylic acids is 1. The molecule has 0 aliphatic carbocycles. The maximum atomic E-state index is 12.3. The molecule has 3 aliphatic heterocycles. The molecule has 140 valence electrons. The van der Waals surface area contributed by atoms with Crippen LogP contribution in [0.2, 0.25) is 0 Å². The lowest BCUT2D eigenvalue weighted by atomic mass is 9.79. The Bertz CT molecular complexity index is 747. The van der Waals surface area contributed by atoms with Crippen LogP contribution in [0.5, 0.6) is 0 Å². The van der Waals surface area contributed by atoms with Crippen molar-refractivity contribution < 1.29 is 28.2 Å². The monoisotopic (exact) mass is 390 g/mol. The quantitative estimate of drug-likeness (QED) is 0.630. The van der Waals surface area contributed by atoms with Crippen LogP contribution in [0.4, 0.5) is 0 Å². The van der Waals surface area contributed by atoms with E-state index in [4.69, 9.17) is 0 Å². The number of carboxylic acid groups (broad SMARTS) is 1. The predicted octanol–water partition coefficient (Wildman–Crippen LogP) is -0.0928. The normalized spacial score (nSPS) is 34.2. The summed E-state index contributed by atoms with van der Waals surface area (Å²) in [7, 11) is -3.26.